The van der Waals surface area contributed by atoms with E-state index in [2.05, 4.69) is 24.0 Å². The van der Waals surface area contributed by atoms with E-state index in [0.29, 0.717) is 6.10 Å². The Bertz CT molecular complexity index is 115. The molecule has 0 aliphatic carbocycles. The lowest BCUT2D eigenvalue weighted by molar-refractivity contribution is 0.117. The van der Waals surface area contributed by atoms with E-state index in [1.54, 1.807) is 7.11 Å². The highest BCUT2D eigenvalue weighted by molar-refractivity contribution is 8.00. The fourth-order valence-electron chi connectivity index (χ4n) is 1.34. The molecule has 0 bridgehead atoms. The minimum Gasteiger partial charge on any atom is -0.380 e. The van der Waals surface area contributed by atoms with Crippen LogP contribution in [0.3, 0.4) is 0 Å². The van der Waals surface area contributed by atoms with Gasteiger partial charge in [0.15, 0.2) is 0 Å². The lowest BCUT2D eigenvalue weighted by Gasteiger charge is -2.13. The Balaban J connectivity index is 1.94. The van der Waals surface area contributed by atoms with Gasteiger partial charge in [-0.25, -0.2) is 0 Å². The van der Waals surface area contributed by atoms with Gasteiger partial charge in [-0.15, -0.1) is 0 Å². The Kier molecular flexibility index (Phi) is 5.04. The van der Waals surface area contributed by atoms with Crippen molar-refractivity contribution in [2.45, 2.75) is 31.1 Å². The topological polar surface area (TPSA) is 21.3 Å². The number of rotatable bonds is 5. The van der Waals surface area contributed by atoms with Gasteiger partial charge in [-0.3, -0.25) is 0 Å². The predicted molar refractivity (Wildman–Crippen MR) is 54.8 cm³/mol. The van der Waals surface area contributed by atoms with E-state index < -0.39 is 0 Å². The second kappa shape index (κ2) is 5.84. The van der Waals surface area contributed by atoms with Crippen LogP contribution in [0.25, 0.3) is 0 Å². The number of thioether (sulfide) groups is 1. The van der Waals surface area contributed by atoms with Gasteiger partial charge >= 0.3 is 0 Å². The molecule has 1 heterocycles. The zero-order valence-electron chi connectivity index (χ0n) is 8.01. The van der Waals surface area contributed by atoms with E-state index in [4.69, 9.17) is 4.74 Å². The third kappa shape index (κ3) is 3.78. The monoisotopic (exact) mass is 189 g/mol. The molecule has 2 nitrogen and oxygen atoms in total. The predicted octanol–water partition coefficient (Wildman–Crippen LogP) is 1.51. The van der Waals surface area contributed by atoms with Gasteiger partial charge in [0.25, 0.3) is 0 Å². The van der Waals surface area contributed by atoms with E-state index in [-0.39, 0.29) is 0 Å². The van der Waals surface area contributed by atoms with E-state index >= 15 is 0 Å². The number of nitrogens with one attached hydrogen (secondary N) is 1. The molecule has 1 saturated heterocycles. The molecule has 0 saturated carbocycles. The zero-order valence-corrected chi connectivity index (χ0v) is 8.82. The molecule has 1 rings (SSSR count). The van der Waals surface area contributed by atoms with Gasteiger partial charge in [0.2, 0.25) is 0 Å². The number of methoxy groups -OCH3 is 1. The van der Waals surface area contributed by atoms with Crippen LogP contribution in [0.4, 0.5) is 0 Å². The van der Waals surface area contributed by atoms with Crippen LogP contribution in [0.1, 0.15) is 19.8 Å². The highest BCUT2D eigenvalue weighted by atomic mass is 32.2. The fraction of sp³-hybridized carbons (Fsp3) is 1.00. The van der Waals surface area contributed by atoms with Gasteiger partial charge in [0.05, 0.1) is 6.10 Å². The third-order valence-electron chi connectivity index (χ3n) is 2.23. The van der Waals surface area contributed by atoms with Crippen LogP contribution in [0.5, 0.6) is 0 Å². The highest BCUT2D eigenvalue weighted by Crippen LogP contribution is 2.25. The minimum absolute atomic E-state index is 0.344. The Hall–Kier alpha value is 0.270. The van der Waals surface area contributed by atoms with Crippen molar-refractivity contribution < 1.29 is 4.74 Å². The van der Waals surface area contributed by atoms with Crippen molar-refractivity contribution in [2.24, 2.45) is 0 Å². The SMILES string of the molecule is COC(C)CNCC1CCCS1. The first-order chi connectivity index (χ1) is 5.83. The average molecular weight is 189 g/mol. The molecule has 0 aromatic rings. The Labute approximate surface area is 79.4 Å². The minimum atomic E-state index is 0.344. The molecule has 0 amide bonds. The van der Waals surface area contributed by atoms with Crippen LogP contribution < -0.4 is 5.32 Å². The first-order valence-corrected chi connectivity index (χ1v) is 5.73. The summed E-state index contributed by atoms with van der Waals surface area (Å²) in [5, 5.41) is 4.29. The summed E-state index contributed by atoms with van der Waals surface area (Å²) in [7, 11) is 1.76. The van der Waals surface area contributed by atoms with Crippen LogP contribution in [-0.4, -0.2) is 37.3 Å². The summed E-state index contributed by atoms with van der Waals surface area (Å²) in [6, 6.07) is 0. The summed E-state index contributed by atoms with van der Waals surface area (Å²) >= 11 is 2.10. The van der Waals surface area contributed by atoms with Crippen molar-refractivity contribution in [1.82, 2.24) is 5.32 Å². The molecule has 1 aliphatic heterocycles. The maximum Gasteiger partial charge on any atom is 0.0667 e. The normalized spacial score (nSPS) is 26.0. The van der Waals surface area contributed by atoms with Crippen LogP contribution in [0, 0.1) is 0 Å². The Morgan fingerprint density at radius 3 is 3.08 bits per heavy atom. The molecule has 0 spiro atoms. The highest BCUT2D eigenvalue weighted by Gasteiger charge is 2.14. The summed E-state index contributed by atoms with van der Waals surface area (Å²) in [5.74, 6) is 1.35. The Morgan fingerprint density at radius 2 is 2.50 bits per heavy atom. The lowest BCUT2D eigenvalue weighted by Crippen LogP contribution is -2.30. The third-order valence-corrected chi connectivity index (χ3v) is 3.63. The zero-order chi connectivity index (χ0) is 8.81. The van der Waals surface area contributed by atoms with E-state index in [0.717, 1.165) is 18.3 Å². The molecule has 2 atom stereocenters. The second-order valence-corrected chi connectivity index (χ2v) is 4.75. The van der Waals surface area contributed by atoms with Crippen molar-refractivity contribution in [3.8, 4) is 0 Å². The lowest BCUT2D eigenvalue weighted by atomic mass is 10.2. The summed E-state index contributed by atoms with van der Waals surface area (Å²) in [6.07, 6.45) is 3.13. The first kappa shape index (κ1) is 10.4. The van der Waals surface area contributed by atoms with Crippen molar-refractivity contribution in [2.75, 3.05) is 26.0 Å². The number of ether oxygens (including phenoxy) is 1. The number of hydrogen-bond acceptors (Lipinski definition) is 3. The molecule has 1 aliphatic rings. The van der Waals surface area contributed by atoms with Gasteiger partial charge in [-0.1, -0.05) is 0 Å². The molecule has 12 heavy (non-hydrogen) atoms. The fourth-order valence-corrected chi connectivity index (χ4v) is 2.57. The second-order valence-electron chi connectivity index (χ2n) is 3.34. The van der Waals surface area contributed by atoms with E-state index in [1.165, 1.54) is 18.6 Å². The molecular weight excluding hydrogens is 170 g/mol. The van der Waals surface area contributed by atoms with Gasteiger partial charge < -0.3 is 10.1 Å². The molecule has 0 aromatic carbocycles. The number of hydrogen-bond donors (Lipinski definition) is 1. The van der Waals surface area contributed by atoms with Gasteiger partial charge in [-0.05, 0) is 25.5 Å². The smallest absolute Gasteiger partial charge is 0.0667 e. The van der Waals surface area contributed by atoms with E-state index in [1.807, 2.05) is 0 Å². The maximum atomic E-state index is 5.15. The van der Waals surface area contributed by atoms with E-state index in [9.17, 15) is 0 Å². The molecule has 1 fully saturated rings. The van der Waals surface area contributed by atoms with Crippen molar-refractivity contribution in [1.29, 1.82) is 0 Å². The summed E-state index contributed by atoms with van der Waals surface area (Å²) in [6.45, 7) is 4.22. The average Bonchev–Trinajstić information content (AvgIpc) is 2.57. The maximum absolute atomic E-state index is 5.15. The summed E-state index contributed by atoms with van der Waals surface area (Å²) < 4.78 is 5.15. The molecule has 3 heteroatoms. The quantitative estimate of drug-likeness (QED) is 0.708. The molecule has 2 unspecified atom stereocenters. The van der Waals surface area contributed by atoms with Crippen LogP contribution in [0.2, 0.25) is 0 Å². The summed E-state index contributed by atoms with van der Waals surface area (Å²) in [4.78, 5) is 0. The van der Waals surface area contributed by atoms with Crippen molar-refractivity contribution in [3.05, 3.63) is 0 Å². The molecular formula is C9H19NOS. The van der Waals surface area contributed by atoms with Gasteiger partial charge in [0, 0.05) is 25.4 Å². The van der Waals surface area contributed by atoms with Gasteiger partial charge in [0.1, 0.15) is 0 Å². The molecule has 0 radical (unpaired) electrons. The van der Waals surface area contributed by atoms with Crippen molar-refractivity contribution in [3.63, 3.8) is 0 Å². The van der Waals surface area contributed by atoms with Crippen molar-refractivity contribution >= 4 is 11.8 Å². The standard InChI is InChI=1S/C9H19NOS/c1-8(11-2)6-10-7-9-4-3-5-12-9/h8-10H,3-7H2,1-2H3. The molecule has 1 N–H and O–H groups in total. The van der Waals surface area contributed by atoms with Crippen LogP contribution >= 0.6 is 11.8 Å². The largest absolute Gasteiger partial charge is 0.380 e. The summed E-state index contributed by atoms with van der Waals surface area (Å²) in [5.41, 5.74) is 0. The van der Waals surface area contributed by atoms with Gasteiger partial charge in [-0.2, -0.15) is 11.8 Å². The molecule has 0 aromatic heterocycles. The molecule has 72 valence electrons. The van der Waals surface area contributed by atoms with Crippen LogP contribution in [0.15, 0.2) is 0 Å². The Morgan fingerprint density at radius 1 is 1.67 bits per heavy atom. The first-order valence-electron chi connectivity index (χ1n) is 4.68. The van der Waals surface area contributed by atoms with Crippen LogP contribution in [-0.2, 0) is 4.74 Å².